The fraction of sp³-hybridized carbons (Fsp3) is 0.343. The van der Waals surface area contributed by atoms with E-state index in [2.05, 4.69) is 127 Å². The first-order valence-electron chi connectivity index (χ1n) is 13.1. The van der Waals surface area contributed by atoms with Crippen molar-refractivity contribution in [3.63, 3.8) is 0 Å². The Morgan fingerprint density at radius 3 is 2.25 bits per heavy atom. The smallest absolute Gasteiger partial charge is 0.0253 e. The topological polar surface area (TPSA) is 0 Å². The summed E-state index contributed by atoms with van der Waals surface area (Å²) in [4.78, 5) is 0. The van der Waals surface area contributed by atoms with Crippen LogP contribution in [-0.2, 0) is 30.7 Å². The van der Waals surface area contributed by atoms with Crippen LogP contribution in [0.3, 0.4) is 0 Å². The van der Waals surface area contributed by atoms with E-state index in [1.54, 1.807) is 0 Å². The monoisotopic (exact) mass is 550 g/mol. The molecule has 2 aliphatic carbocycles. The van der Waals surface area contributed by atoms with E-state index in [0.717, 1.165) is 6.42 Å². The molecule has 36 heavy (non-hydrogen) atoms. The molecule has 0 aliphatic heterocycles. The minimum Gasteiger partial charge on any atom is -0.176 e. The van der Waals surface area contributed by atoms with Gasteiger partial charge < -0.3 is 0 Å². The minimum atomic E-state index is 0.301. The van der Waals surface area contributed by atoms with Gasteiger partial charge >= 0.3 is 70.3 Å². The quantitative estimate of drug-likeness (QED) is 0.223. The molecule has 0 aromatic heterocycles. The van der Waals surface area contributed by atoms with E-state index in [9.17, 15) is 0 Å². The molecule has 0 spiro atoms. The van der Waals surface area contributed by atoms with Crippen molar-refractivity contribution >= 4 is 3.21 Å². The number of rotatable bonds is 3. The molecule has 0 bridgehead atoms. The number of benzene rings is 3. The molecule has 184 valence electrons. The zero-order chi connectivity index (χ0) is 26.3. The minimum absolute atomic E-state index is 0.301. The average Bonchev–Trinajstić information content (AvgIpc) is 3.44. The summed E-state index contributed by atoms with van der Waals surface area (Å²) < 4.78 is 1.46. The first-order chi connectivity index (χ1) is 17.1. The Morgan fingerprint density at radius 2 is 1.67 bits per heavy atom. The molecule has 0 fully saturated rings. The van der Waals surface area contributed by atoms with Gasteiger partial charge in [-0.2, -0.15) is 35.4 Å². The molecular formula is C35H40Zr. The van der Waals surface area contributed by atoms with Crippen molar-refractivity contribution in [2.45, 2.75) is 67.7 Å². The zero-order valence-corrected chi connectivity index (χ0v) is 25.6. The standard InChI is InChI=1S/C15H13.C12H19.C8H8.Zr/c1-10-3-5-14-12(7-10)9-13-8-11(2)4-6-15(13)14;1-5-6-10-7-8-11(9-10)12(2,3)4;1-2-8-6-4-3-5-7-8;/h3-7H,9H2,1-2H3;8-10H,5-6H2,1-4H3;3-7H,1H3;/q2*-1;;+2. The SMILES string of the molecule is CCCC1[C-]=CC(C(C)(C)C)=C1.C[C](=[Zr+2])c1ccccc1.Cc1[c-]c2c(cc1)-c1ccc(C)cc1C2. The van der Waals surface area contributed by atoms with Crippen molar-refractivity contribution in [1.82, 2.24) is 0 Å². The van der Waals surface area contributed by atoms with Crippen molar-refractivity contribution in [2.24, 2.45) is 11.3 Å². The van der Waals surface area contributed by atoms with Gasteiger partial charge in [-0.3, -0.25) is 6.08 Å². The van der Waals surface area contributed by atoms with E-state index in [0.29, 0.717) is 11.3 Å². The molecule has 0 radical (unpaired) electrons. The van der Waals surface area contributed by atoms with Crippen LogP contribution in [0.25, 0.3) is 11.1 Å². The molecule has 0 nitrogen and oxygen atoms in total. The van der Waals surface area contributed by atoms with Crippen molar-refractivity contribution in [3.8, 4) is 11.1 Å². The third-order valence-electron chi connectivity index (χ3n) is 6.60. The molecule has 1 heteroatoms. The van der Waals surface area contributed by atoms with E-state index < -0.39 is 0 Å². The summed E-state index contributed by atoms with van der Waals surface area (Å²) in [6.45, 7) is 15.4. The van der Waals surface area contributed by atoms with Gasteiger partial charge in [-0.15, -0.1) is 11.1 Å². The molecule has 0 saturated carbocycles. The Bertz CT molecular complexity index is 1190. The first-order valence-corrected chi connectivity index (χ1v) is 14.3. The largest absolute Gasteiger partial charge is 0.176 e. The average molecular weight is 552 g/mol. The van der Waals surface area contributed by atoms with Crippen LogP contribution >= 0.6 is 0 Å². The van der Waals surface area contributed by atoms with Crippen LogP contribution in [0.2, 0.25) is 0 Å². The fourth-order valence-corrected chi connectivity index (χ4v) is 4.92. The Balaban J connectivity index is 0.000000156. The van der Waals surface area contributed by atoms with E-state index >= 15 is 0 Å². The number of hydrogen-bond donors (Lipinski definition) is 0. The fourth-order valence-electron chi connectivity index (χ4n) is 4.51. The summed E-state index contributed by atoms with van der Waals surface area (Å²) >= 11 is 1.51. The van der Waals surface area contributed by atoms with Crippen LogP contribution in [0, 0.1) is 37.3 Å². The van der Waals surface area contributed by atoms with Crippen LogP contribution in [0.5, 0.6) is 0 Å². The molecular weight excluding hydrogens is 512 g/mol. The van der Waals surface area contributed by atoms with Crippen LogP contribution in [0.4, 0.5) is 0 Å². The molecule has 1 atom stereocenters. The third-order valence-corrected chi connectivity index (χ3v) is 7.31. The van der Waals surface area contributed by atoms with Gasteiger partial charge in [-0.1, -0.05) is 88.1 Å². The summed E-state index contributed by atoms with van der Waals surface area (Å²) in [6, 6.07) is 25.0. The second-order valence-corrected chi connectivity index (χ2v) is 12.8. The maximum absolute atomic E-state index is 3.45. The molecule has 0 heterocycles. The van der Waals surface area contributed by atoms with Crippen molar-refractivity contribution in [2.75, 3.05) is 0 Å². The molecule has 3 aromatic carbocycles. The van der Waals surface area contributed by atoms with Crippen LogP contribution in [0.15, 0.2) is 78.4 Å². The predicted molar refractivity (Wildman–Crippen MR) is 153 cm³/mol. The Labute approximate surface area is 234 Å². The predicted octanol–water partition coefficient (Wildman–Crippen LogP) is 9.20. The van der Waals surface area contributed by atoms with Gasteiger partial charge in [-0.25, -0.2) is 6.08 Å². The summed E-state index contributed by atoms with van der Waals surface area (Å²) in [6.07, 6.45) is 11.5. The van der Waals surface area contributed by atoms with Crippen LogP contribution < -0.4 is 0 Å². The summed E-state index contributed by atoms with van der Waals surface area (Å²) in [7, 11) is 0. The van der Waals surface area contributed by atoms with Crippen LogP contribution in [0.1, 0.15) is 75.3 Å². The van der Waals surface area contributed by atoms with E-state index in [1.165, 1.54) is 84.8 Å². The molecule has 3 aromatic rings. The number of fused-ring (bicyclic) bond motifs is 3. The van der Waals surface area contributed by atoms with E-state index in [1.807, 2.05) is 6.07 Å². The van der Waals surface area contributed by atoms with E-state index in [4.69, 9.17) is 0 Å². The van der Waals surface area contributed by atoms with Gasteiger partial charge in [0.25, 0.3) is 0 Å². The number of hydrogen-bond acceptors (Lipinski definition) is 0. The van der Waals surface area contributed by atoms with Gasteiger partial charge in [-0.05, 0) is 18.9 Å². The second-order valence-electron chi connectivity index (χ2n) is 10.9. The third kappa shape index (κ3) is 7.95. The van der Waals surface area contributed by atoms with E-state index in [-0.39, 0.29) is 0 Å². The van der Waals surface area contributed by atoms with Crippen molar-refractivity contribution in [1.29, 1.82) is 0 Å². The molecule has 2 aliphatic rings. The van der Waals surface area contributed by atoms with Gasteiger partial charge in [0.1, 0.15) is 0 Å². The van der Waals surface area contributed by atoms with Crippen molar-refractivity contribution < 1.29 is 24.2 Å². The maximum atomic E-state index is 3.45. The first kappa shape index (κ1) is 28.5. The van der Waals surface area contributed by atoms with Gasteiger partial charge in [0.05, 0.1) is 0 Å². The summed E-state index contributed by atoms with van der Waals surface area (Å²) in [5, 5.41) is 0. The van der Waals surface area contributed by atoms with Gasteiger partial charge in [0, 0.05) is 0 Å². The molecule has 0 amide bonds. The molecule has 0 N–H and O–H groups in total. The summed E-state index contributed by atoms with van der Waals surface area (Å²) in [5.41, 5.74) is 11.3. The molecule has 5 rings (SSSR count). The van der Waals surface area contributed by atoms with Crippen molar-refractivity contribution in [3.05, 3.63) is 118 Å². The number of aryl methyl sites for hydroxylation is 2. The molecule has 0 saturated heterocycles. The Kier molecular flexibility index (Phi) is 10.2. The summed E-state index contributed by atoms with van der Waals surface area (Å²) in [5.74, 6) is 0.587. The Hall–Kier alpha value is -2.11. The number of allylic oxidation sites excluding steroid dienone is 4. The molecule has 1 unspecified atom stereocenters. The van der Waals surface area contributed by atoms with Gasteiger partial charge in [0.2, 0.25) is 0 Å². The zero-order valence-electron chi connectivity index (χ0n) is 23.1. The van der Waals surface area contributed by atoms with Crippen LogP contribution in [-0.4, -0.2) is 3.21 Å². The second kappa shape index (κ2) is 12.9. The Morgan fingerprint density at radius 1 is 0.972 bits per heavy atom. The normalized spacial score (nSPS) is 15.1. The maximum Gasteiger partial charge on any atom is -0.0253 e. The van der Waals surface area contributed by atoms with Gasteiger partial charge in [0.15, 0.2) is 0 Å².